The number of nitrogens with one attached hydrogen (secondary N) is 1. The molecule has 4 nitrogen and oxygen atoms in total. The Kier molecular flexibility index (Phi) is 3.61. The summed E-state index contributed by atoms with van der Waals surface area (Å²) in [5, 5.41) is 3.43. The Morgan fingerprint density at radius 3 is 2.58 bits per heavy atom. The molecule has 3 aliphatic rings. The molecule has 1 spiro atoms. The number of imide groups is 1. The lowest BCUT2D eigenvalue weighted by atomic mass is 9.73. The maximum Gasteiger partial charge on any atom is 0.235 e. The fourth-order valence-electron chi connectivity index (χ4n) is 3.54. The molecule has 1 saturated heterocycles. The summed E-state index contributed by atoms with van der Waals surface area (Å²) in [6.07, 6.45) is 9.21. The van der Waals surface area contributed by atoms with E-state index in [0.29, 0.717) is 19.0 Å². The first-order valence-corrected chi connectivity index (χ1v) is 7.79. The van der Waals surface area contributed by atoms with Crippen molar-refractivity contribution in [1.82, 2.24) is 10.2 Å². The molecule has 3 rings (SSSR count). The third kappa shape index (κ3) is 2.69. The van der Waals surface area contributed by atoms with Crippen LogP contribution in [0.4, 0.5) is 0 Å². The van der Waals surface area contributed by atoms with E-state index in [-0.39, 0.29) is 17.2 Å². The number of carbonyl (C=O) groups is 2. The molecule has 4 heteroatoms. The summed E-state index contributed by atoms with van der Waals surface area (Å²) in [5.74, 6) is 0.196. The van der Waals surface area contributed by atoms with Gasteiger partial charge in [-0.2, -0.15) is 0 Å². The van der Waals surface area contributed by atoms with E-state index in [9.17, 15) is 9.59 Å². The summed E-state index contributed by atoms with van der Waals surface area (Å²) in [6, 6.07) is 0.703. The van der Waals surface area contributed by atoms with Crippen molar-refractivity contribution in [2.75, 3.05) is 13.1 Å². The van der Waals surface area contributed by atoms with Gasteiger partial charge in [0.1, 0.15) is 0 Å². The zero-order valence-corrected chi connectivity index (χ0v) is 11.6. The molecule has 0 unspecified atom stereocenters. The van der Waals surface area contributed by atoms with Gasteiger partial charge in [0, 0.05) is 19.0 Å². The number of amides is 2. The Morgan fingerprint density at radius 2 is 1.89 bits per heavy atom. The minimum atomic E-state index is -0.306. The monoisotopic (exact) mass is 264 g/mol. The van der Waals surface area contributed by atoms with Crippen LogP contribution >= 0.6 is 0 Å². The van der Waals surface area contributed by atoms with E-state index in [1.165, 1.54) is 19.3 Å². The van der Waals surface area contributed by atoms with Gasteiger partial charge in [-0.25, -0.2) is 0 Å². The van der Waals surface area contributed by atoms with Crippen LogP contribution in [0.5, 0.6) is 0 Å². The molecular weight excluding hydrogens is 240 g/mol. The molecule has 19 heavy (non-hydrogen) atoms. The normalized spacial score (nSPS) is 26.4. The van der Waals surface area contributed by atoms with Gasteiger partial charge in [0.25, 0.3) is 0 Å². The quantitative estimate of drug-likeness (QED) is 0.609. The van der Waals surface area contributed by atoms with Gasteiger partial charge in [-0.05, 0) is 38.6 Å². The smallest absolute Gasteiger partial charge is 0.235 e. The first-order valence-electron chi connectivity index (χ1n) is 7.79. The van der Waals surface area contributed by atoms with E-state index in [1.54, 1.807) is 4.90 Å². The molecule has 0 atom stereocenters. The molecule has 0 aromatic heterocycles. The minimum Gasteiger partial charge on any atom is -0.314 e. The van der Waals surface area contributed by atoms with Gasteiger partial charge in [-0.15, -0.1) is 0 Å². The Hall–Kier alpha value is -0.900. The predicted molar refractivity (Wildman–Crippen MR) is 72.5 cm³/mol. The van der Waals surface area contributed by atoms with Gasteiger partial charge in [-0.3, -0.25) is 14.5 Å². The second-order valence-corrected chi connectivity index (χ2v) is 6.45. The number of carbonyl (C=O) groups excluding carboxylic acids is 2. The lowest BCUT2D eigenvalue weighted by Gasteiger charge is -2.30. The second kappa shape index (κ2) is 5.23. The topological polar surface area (TPSA) is 49.4 Å². The number of likely N-dealkylation sites (tertiary alicyclic amines) is 1. The van der Waals surface area contributed by atoms with Crippen molar-refractivity contribution in [2.24, 2.45) is 5.41 Å². The number of nitrogens with zero attached hydrogens (tertiary/aromatic N) is 1. The highest BCUT2D eigenvalue weighted by molar-refractivity contribution is 6.05. The molecule has 2 amide bonds. The molecule has 0 radical (unpaired) electrons. The van der Waals surface area contributed by atoms with E-state index in [0.717, 1.165) is 38.6 Å². The minimum absolute atomic E-state index is 0.0679. The average molecular weight is 264 g/mol. The summed E-state index contributed by atoms with van der Waals surface area (Å²) in [4.78, 5) is 26.1. The van der Waals surface area contributed by atoms with Gasteiger partial charge >= 0.3 is 0 Å². The van der Waals surface area contributed by atoms with Crippen molar-refractivity contribution in [3.8, 4) is 0 Å². The third-order valence-electron chi connectivity index (χ3n) is 4.87. The fourth-order valence-corrected chi connectivity index (χ4v) is 3.54. The maximum atomic E-state index is 12.5. The van der Waals surface area contributed by atoms with E-state index in [1.807, 2.05) is 0 Å². The summed E-state index contributed by atoms with van der Waals surface area (Å²) < 4.78 is 0. The van der Waals surface area contributed by atoms with Crippen molar-refractivity contribution >= 4 is 11.8 Å². The molecule has 3 fully saturated rings. The van der Waals surface area contributed by atoms with Crippen LogP contribution in [-0.2, 0) is 9.59 Å². The summed E-state index contributed by atoms with van der Waals surface area (Å²) in [5.41, 5.74) is -0.306. The first-order chi connectivity index (χ1) is 9.21. The highest BCUT2D eigenvalue weighted by Crippen LogP contribution is 2.45. The van der Waals surface area contributed by atoms with Crippen LogP contribution in [-0.4, -0.2) is 35.8 Å². The lowest BCUT2D eigenvalue weighted by Crippen LogP contribution is -2.38. The second-order valence-electron chi connectivity index (χ2n) is 6.45. The van der Waals surface area contributed by atoms with Crippen LogP contribution in [0.25, 0.3) is 0 Å². The molecule has 2 aliphatic carbocycles. The molecule has 1 heterocycles. The molecule has 0 aromatic rings. The number of hydrogen-bond donors (Lipinski definition) is 1. The standard InChI is InChI=1S/C15H24N2O2/c18-13-11-15(7-2-1-3-8-15)14(19)17(13)10-4-9-16-12-5-6-12/h12,16H,1-11H2. The molecular formula is C15H24N2O2. The maximum absolute atomic E-state index is 12.5. The summed E-state index contributed by atoms with van der Waals surface area (Å²) in [6.45, 7) is 1.54. The van der Waals surface area contributed by atoms with Crippen molar-refractivity contribution in [3.05, 3.63) is 0 Å². The molecule has 1 N–H and O–H groups in total. The summed E-state index contributed by atoms with van der Waals surface area (Å²) in [7, 11) is 0. The summed E-state index contributed by atoms with van der Waals surface area (Å²) >= 11 is 0. The van der Waals surface area contributed by atoms with E-state index < -0.39 is 0 Å². The Morgan fingerprint density at radius 1 is 1.16 bits per heavy atom. The van der Waals surface area contributed by atoms with Gasteiger partial charge < -0.3 is 5.32 Å². The third-order valence-corrected chi connectivity index (χ3v) is 4.87. The van der Waals surface area contributed by atoms with Crippen LogP contribution in [0.1, 0.15) is 57.8 Å². The Labute approximate surface area is 114 Å². The Balaban J connectivity index is 1.52. The van der Waals surface area contributed by atoms with Gasteiger partial charge in [0.15, 0.2) is 0 Å². The largest absolute Gasteiger partial charge is 0.314 e. The van der Waals surface area contributed by atoms with Crippen LogP contribution in [0.3, 0.4) is 0 Å². The number of rotatable bonds is 5. The molecule has 0 aromatic carbocycles. The Bertz CT molecular complexity index is 370. The molecule has 2 saturated carbocycles. The highest BCUT2D eigenvalue weighted by atomic mass is 16.2. The van der Waals surface area contributed by atoms with Crippen LogP contribution < -0.4 is 5.32 Å². The van der Waals surface area contributed by atoms with Crippen LogP contribution in [0.15, 0.2) is 0 Å². The number of hydrogen-bond acceptors (Lipinski definition) is 3. The fraction of sp³-hybridized carbons (Fsp3) is 0.867. The van der Waals surface area contributed by atoms with E-state index >= 15 is 0 Å². The van der Waals surface area contributed by atoms with Gasteiger partial charge in [0.2, 0.25) is 11.8 Å². The molecule has 1 aliphatic heterocycles. The van der Waals surface area contributed by atoms with Crippen LogP contribution in [0.2, 0.25) is 0 Å². The SMILES string of the molecule is O=C1CC2(CCCCC2)C(=O)N1CCCNC1CC1. The predicted octanol–water partition coefficient (Wildman–Crippen LogP) is 1.84. The van der Waals surface area contributed by atoms with E-state index in [2.05, 4.69) is 5.32 Å². The van der Waals surface area contributed by atoms with Gasteiger partial charge in [-0.1, -0.05) is 19.3 Å². The van der Waals surface area contributed by atoms with Crippen LogP contribution in [0, 0.1) is 5.41 Å². The first kappa shape index (κ1) is 13.1. The van der Waals surface area contributed by atoms with Crippen molar-refractivity contribution < 1.29 is 9.59 Å². The van der Waals surface area contributed by atoms with Crippen molar-refractivity contribution in [2.45, 2.75) is 63.8 Å². The molecule has 106 valence electrons. The highest BCUT2D eigenvalue weighted by Gasteiger charge is 2.51. The zero-order chi connectivity index (χ0) is 13.3. The lowest BCUT2D eigenvalue weighted by molar-refractivity contribution is -0.142. The average Bonchev–Trinajstić information content (AvgIpc) is 3.19. The van der Waals surface area contributed by atoms with Gasteiger partial charge in [0.05, 0.1) is 5.41 Å². The zero-order valence-electron chi connectivity index (χ0n) is 11.6. The molecule has 0 bridgehead atoms. The van der Waals surface area contributed by atoms with Crippen molar-refractivity contribution in [3.63, 3.8) is 0 Å². The van der Waals surface area contributed by atoms with Crippen molar-refractivity contribution in [1.29, 1.82) is 0 Å². The van der Waals surface area contributed by atoms with E-state index in [4.69, 9.17) is 0 Å².